The molecule has 3 rings (SSSR count). The first-order valence-corrected chi connectivity index (χ1v) is 5.90. The van der Waals surface area contributed by atoms with Crippen LogP contribution in [0.25, 0.3) is 10.9 Å². The Bertz CT molecular complexity index is 560. The van der Waals surface area contributed by atoms with E-state index in [1.807, 2.05) is 6.07 Å². The number of nitrogens with two attached hydrogens (primary N) is 1. The van der Waals surface area contributed by atoms with Crippen LogP contribution < -0.4 is 15.2 Å². The first-order chi connectivity index (χ1) is 8.29. The van der Waals surface area contributed by atoms with Crippen LogP contribution in [-0.2, 0) is 6.42 Å². The minimum absolute atomic E-state index is 0.619. The fourth-order valence-corrected chi connectivity index (χ4v) is 2.39. The molecule has 0 fully saturated rings. The van der Waals surface area contributed by atoms with Crippen LogP contribution in [0.1, 0.15) is 11.3 Å². The van der Waals surface area contributed by atoms with E-state index in [-0.39, 0.29) is 0 Å². The van der Waals surface area contributed by atoms with Crippen molar-refractivity contribution in [1.82, 2.24) is 4.98 Å². The van der Waals surface area contributed by atoms with Crippen LogP contribution in [0.15, 0.2) is 12.1 Å². The monoisotopic (exact) mass is 232 g/mol. The molecule has 1 aliphatic rings. The maximum absolute atomic E-state index is 5.65. The molecule has 17 heavy (non-hydrogen) atoms. The van der Waals surface area contributed by atoms with E-state index in [0.717, 1.165) is 23.4 Å². The van der Waals surface area contributed by atoms with Crippen LogP contribution in [0.5, 0.6) is 11.5 Å². The number of aromatic nitrogens is 1. The van der Waals surface area contributed by atoms with Crippen LogP contribution in [0.3, 0.4) is 0 Å². The van der Waals surface area contributed by atoms with E-state index in [1.54, 1.807) is 0 Å². The first-order valence-electron chi connectivity index (χ1n) is 5.90. The maximum Gasteiger partial charge on any atom is 0.163 e. The van der Waals surface area contributed by atoms with E-state index < -0.39 is 0 Å². The summed E-state index contributed by atoms with van der Waals surface area (Å²) in [5, 5.41) is 1.19. The van der Waals surface area contributed by atoms with E-state index in [1.165, 1.54) is 16.6 Å². The van der Waals surface area contributed by atoms with Crippen LogP contribution in [0.4, 0.5) is 0 Å². The largest absolute Gasteiger partial charge is 0.486 e. The van der Waals surface area contributed by atoms with Crippen molar-refractivity contribution < 1.29 is 9.47 Å². The standard InChI is InChI=1S/C13H16N2O2/c1-8-9(2-3-14)10-6-12-13(7-11(10)15-8)17-5-4-16-12/h6-7,15H,2-5,14H2,1H3. The Morgan fingerprint density at radius 3 is 2.65 bits per heavy atom. The van der Waals surface area contributed by atoms with Crippen molar-refractivity contribution >= 4 is 10.9 Å². The highest BCUT2D eigenvalue weighted by molar-refractivity contribution is 5.88. The maximum atomic E-state index is 5.65. The van der Waals surface area contributed by atoms with Crippen LogP contribution in [-0.4, -0.2) is 24.7 Å². The number of hydrogen-bond acceptors (Lipinski definition) is 3. The van der Waals surface area contributed by atoms with Crippen LogP contribution >= 0.6 is 0 Å². The summed E-state index contributed by atoms with van der Waals surface area (Å²) in [7, 11) is 0. The molecule has 0 saturated heterocycles. The smallest absolute Gasteiger partial charge is 0.163 e. The van der Waals surface area contributed by atoms with Gasteiger partial charge in [-0.05, 0) is 31.5 Å². The second-order valence-electron chi connectivity index (χ2n) is 4.31. The second kappa shape index (κ2) is 3.96. The van der Waals surface area contributed by atoms with Crippen LogP contribution in [0.2, 0.25) is 0 Å². The Morgan fingerprint density at radius 1 is 1.24 bits per heavy atom. The minimum Gasteiger partial charge on any atom is -0.486 e. The number of H-pyrrole nitrogens is 1. The van der Waals surface area contributed by atoms with Gasteiger partial charge in [-0.2, -0.15) is 0 Å². The van der Waals surface area contributed by atoms with Crippen molar-refractivity contribution in [2.24, 2.45) is 5.73 Å². The molecule has 90 valence electrons. The molecule has 0 amide bonds. The molecule has 0 saturated carbocycles. The van der Waals surface area contributed by atoms with Gasteiger partial charge >= 0.3 is 0 Å². The fourth-order valence-electron chi connectivity index (χ4n) is 2.39. The lowest BCUT2D eigenvalue weighted by molar-refractivity contribution is 0.172. The molecular weight excluding hydrogens is 216 g/mol. The lowest BCUT2D eigenvalue weighted by Gasteiger charge is -2.18. The zero-order chi connectivity index (χ0) is 11.8. The van der Waals surface area contributed by atoms with Crippen molar-refractivity contribution in [3.8, 4) is 11.5 Å². The highest BCUT2D eigenvalue weighted by atomic mass is 16.6. The summed E-state index contributed by atoms with van der Waals surface area (Å²) in [4.78, 5) is 3.37. The number of ether oxygens (including phenoxy) is 2. The van der Waals surface area contributed by atoms with E-state index in [0.29, 0.717) is 19.8 Å². The second-order valence-corrected chi connectivity index (χ2v) is 4.31. The topological polar surface area (TPSA) is 60.3 Å². The Balaban J connectivity index is 2.19. The van der Waals surface area contributed by atoms with E-state index in [9.17, 15) is 0 Å². The van der Waals surface area contributed by atoms with Gasteiger partial charge in [0.05, 0.1) is 0 Å². The highest BCUT2D eigenvalue weighted by Crippen LogP contribution is 2.36. The molecule has 1 aromatic carbocycles. The lowest BCUT2D eigenvalue weighted by atomic mass is 10.1. The molecule has 0 radical (unpaired) electrons. The molecule has 3 N–H and O–H groups in total. The van der Waals surface area contributed by atoms with Crippen molar-refractivity contribution in [2.75, 3.05) is 19.8 Å². The highest BCUT2D eigenvalue weighted by Gasteiger charge is 2.16. The molecule has 1 aliphatic heterocycles. The van der Waals surface area contributed by atoms with Gasteiger partial charge in [0, 0.05) is 22.7 Å². The molecule has 1 aromatic heterocycles. The average Bonchev–Trinajstić information content (AvgIpc) is 2.63. The summed E-state index contributed by atoms with van der Waals surface area (Å²) in [5.74, 6) is 1.66. The van der Waals surface area contributed by atoms with Gasteiger partial charge in [-0.3, -0.25) is 0 Å². The Kier molecular flexibility index (Phi) is 2.44. The van der Waals surface area contributed by atoms with Gasteiger partial charge in [0.2, 0.25) is 0 Å². The van der Waals surface area contributed by atoms with Gasteiger partial charge in [0.1, 0.15) is 13.2 Å². The third-order valence-electron chi connectivity index (χ3n) is 3.18. The normalized spacial score (nSPS) is 14.2. The molecule has 0 unspecified atom stereocenters. The van der Waals surface area contributed by atoms with Gasteiger partial charge in [-0.25, -0.2) is 0 Å². The number of aromatic amines is 1. The SMILES string of the molecule is Cc1[nH]c2cc3c(cc2c1CCN)OCCO3. The minimum atomic E-state index is 0.619. The predicted octanol–water partition coefficient (Wildman–Crippen LogP) is 1.75. The average molecular weight is 232 g/mol. The van der Waals surface area contributed by atoms with Crippen molar-refractivity contribution in [3.05, 3.63) is 23.4 Å². The number of hydrogen-bond donors (Lipinski definition) is 2. The Morgan fingerprint density at radius 2 is 1.94 bits per heavy atom. The zero-order valence-corrected chi connectivity index (χ0v) is 9.88. The molecule has 4 heteroatoms. The third kappa shape index (κ3) is 1.65. The van der Waals surface area contributed by atoms with Gasteiger partial charge in [0.15, 0.2) is 11.5 Å². The van der Waals surface area contributed by atoms with Gasteiger partial charge in [0.25, 0.3) is 0 Å². The number of benzene rings is 1. The summed E-state index contributed by atoms with van der Waals surface area (Å²) < 4.78 is 11.2. The molecule has 0 spiro atoms. The summed E-state index contributed by atoms with van der Waals surface area (Å²) >= 11 is 0. The molecule has 0 atom stereocenters. The molecular formula is C13H16N2O2. The third-order valence-corrected chi connectivity index (χ3v) is 3.18. The van der Waals surface area contributed by atoms with Crippen LogP contribution in [0, 0.1) is 6.92 Å². The summed E-state index contributed by atoms with van der Waals surface area (Å²) in [6.45, 7) is 3.97. The predicted molar refractivity (Wildman–Crippen MR) is 66.8 cm³/mol. The van der Waals surface area contributed by atoms with E-state index in [2.05, 4.69) is 18.0 Å². The summed E-state index contributed by atoms with van der Waals surface area (Å²) in [6.07, 6.45) is 0.880. The summed E-state index contributed by atoms with van der Waals surface area (Å²) in [6, 6.07) is 4.06. The van der Waals surface area contributed by atoms with Gasteiger partial charge in [-0.15, -0.1) is 0 Å². The fraction of sp³-hybridized carbons (Fsp3) is 0.385. The lowest BCUT2D eigenvalue weighted by Crippen LogP contribution is -2.15. The molecule has 2 heterocycles. The number of fused-ring (bicyclic) bond motifs is 2. The molecule has 0 aliphatic carbocycles. The molecule has 4 nitrogen and oxygen atoms in total. The Labute approximate surface area is 99.7 Å². The summed E-state index contributed by atoms with van der Waals surface area (Å²) in [5.41, 5.74) is 9.19. The van der Waals surface area contributed by atoms with Crippen molar-refractivity contribution in [3.63, 3.8) is 0 Å². The van der Waals surface area contributed by atoms with Gasteiger partial charge < -0.3 is 20.2 Å². The first kappa shape index (κ1) is 10.5. The zero-order valence-electron chi connectivity index (χ0n) is 9.88. The number of aryl methyl sites for hydroxylation is 1. The Hall–Kier alpha value is -1.68. The van der Waals surface area contributed by atoms with Crippen molar-refractivity contribution in [1.29, 1.82) is 0 Å². The number of rotatable bonds is 2. The number of nitrogens with one attached hydrogen (secondary N) is 1. The molecule has 2 aromatic rings. The van der Waals surface area contributed by atoms with Crippen molar-refractivity contribution in [2.45, 2.75) is 13.3 Å². The molecule has 0 bridgehead atoms. The van der Waals surface area contributed by atoms with E-state index >= 15 is 0 Å². The quantitative estimate of drug-likeness (QED) is 0.829. The van der Waals surface area contributed by atoms with Gasteiger partial charge in [-0.1, -0.05) is 0 Å². The van der Waals surface area contributed by atoms with E-state index in [4.69, 9.17) is 15.2 Å².